The average molecular weight is 244 g/mol. The summed E-state index contributed by atoms with van der Waals surface area (Å²) < 4.78 is 11.8. The molecule has 0 aliphatic carbocycles. The number of hydrogen-bond donors (Lipinski definition) is 1. The summed E-state index contributed by atoms with van der Waals surface area (Å²) in [4.78, 5) is 0. The van der Waals surface area contributed by atoms with Crippen molar-refractivity contribution in [1.82, 2.24) is 0 Å². The van der Waals surface area contributed by atoms with E-state index in [1.807, 2.05) is 33.8 Å². The quantitative estimate of drug-likeness (QED) is 0.599. The molecule has 1 fully saturated rings. The van der Waals surface area contributed by atoms with Gasteiger partial charge in [0, 0.05) is 11.2 Å². The first-order valence-corrected chi connectivity index (χ1v) is 5.92. The van der Waals surface area contributed by atoms with Gasteiger partial charge < -0.3 is 15.0 Å². The van der Waals surface area contributed by atoms with Crippen molar-refractivity contribution in [3.8, 4) is 6.07 Å². The zero-order valence-corrected chi connectivity index (χ0v) is 11.2. The summed E-state index contributed by atoms with van der Waals surface area (Å²) in [5.41, 5.74) is 6.74. The summed E-state index contributed by atoms with van der Waals surface area (Å²) in [7, 11) is -0.525. The van der Waals surface area contributed by atoms with Gasteiger partial charge in [0.25, 0.3) is 0 Å². The molecule has 1 aliphatic heterocycles. The Morgan fingerprint density at radius 1 is 1.17 bits per heavy atom. The fourth-order valence-corrected chi connectivity index (χ4v) is 1.86. The molecule has 1 heterocycles. The molecule has 1 saturated heterocycles. The average Bonchev–Trinajstić information content (AvgIpc) is 2.48. The van der Waals surface area contributed by atoms with E-state index in [1.54, 1.807) is 12.1 Å². The molecule has 0 spiro atoms. The molecule has 0 bridgehead atoms. The van der Waals surface area contributed by atoms with Gasteiger partial charge in [0.2, 0.25) is 0 Å². The zero-order chi connectivity index (χ0) is 13.6. The summed E-state index contributed by atoms with van der Waals surface area (Å²) in [6.45, 7) is 7.93. The molecular formula is C13H17BN2O2. The van der Waals surface area contributed by atoms with E-state index in [9.17, 15) is 0 Å². The summed E-state index contributed by atoms with van der Waals surface area (Å²) in [6.07, 6.45) is 0. The van der Waals surface area contributed by atoms with Crippen molar-refractivity contribution in [2.45, 2.75) is 38.9 Å². The van der Waals surface area contributed by atoms with E-state index in [1.165, 1.54) is 0 Å². The lowest BCUT2D eigenvalue weighted by molar-refractivity contribution is 0.00578. The van der Waals surface area contributed by atoms with E-state index < -0.39 is 18.3 Å². The number of benzene rings is 1. The first kappa shape index (κ1) is 12.9. The van der Waals surface area contributed by atoms with Crippen LogP contribution in [0.4, 0.5) is 5.69 Å². The van der Waals surface area contributed by atoms with Crippen molar-refractivity contribution in [2.75, 3.05) is 5.73 Å². The molecule has 0 unspecified atom stereocenters. The summed E-state index contributed by atoms with van der Waals surface area (Å²) in [5.74, 6) is 0. The van der Waals surface area contributed by atoms with Crippen LogP contribution in [0.25, 0.3) is 0 Å². The van der Waals surface area contributed by atoms with Crippen molar-refractivity contribution < 1.29 is 9.31 Å². The molecule has 1 aliphatic rings. The predicted molar refractivity (Wildman–Crippen MR) is 71.3 cm³/mol. The Balaban J connectivity index is 2.39. The van der Waals surface area contributed by atoms with Crippen molar-refractivity contribution in [1.29, 1.82) is 5.26 Å². The van der Waals surface area contributed by atoms with Crippen LogP contribution in [0.3, 0.4) is 0 Å². The van der Waals surface area contributed by atoms with Gasteiger partial charge in [0.1, 0.15) is 6.07 Å². The minimum Gasteiger partial charge on any atom is -0.399 e. The largest absolute Gasteiger partial charge is 0.497 e. The van der Waals surface area contributed by atoms with Gasteiger partial charge in [0.15, 0.2) is 0 Å². The van der Waals surface area contributed by atoms with Crippen LogP contribution in [-0.4, -0.2) is 18.3 Å². The van der Waals surface area contributed by atoms with Crippen molar-refractivity contribution >= 4 is 18.3 Å². The number of hydrogen-bond acceptors (Lipinski definition) is 4. The number of nitrogen functional groups attached to an aromatic ring is 1. The van der Waals surface area contributed by atoms with Gasteiger partial charge >= 0.3 is 7.12 Å². The normalized spacial score (nSPS) is 20.7. The number of nitriles is 1. The van der Waals surface area contributed by atoms with E-state index in [2.05, 4.69) is 6.07 Å². The molecule has 1 aromatic rings. The third-order valence-corrected chi connectivity index (χ3v) is 3.77. The molecule has 0 aromatic heterocycles. The molecule has 0 saturated carbocycles. The van der Waals surface area contributed by atoms with Crippen molar-refractivity contribution in [2.24, 2.45) is 0 Å². The Morgan fingerprint density at radius 2 is 1.72 bits per heavy atom. The Morgan fingerprint density at radius 3 is 2.22 bits per heavy atom. The second kappa shape index (κ2) is 4.01. The van der Waals surface area contributed by atoms with E-state index in [4.69, 9.17) is 20.3 Å². The third kappa shape index (κ3) is 1.88. The molecule has 5 heteroatoms. The first-order chi connectivity index (χ1) is 8.28. The van der Waals surface area contributed by atoms with Gasteiger partial charge in [-0.25, -0.2) is 0 Å². The Labute approximate surface area is 108 Å². The van der Waals surface area contributed by atoms with E-state index in [0.717, 1.165) is 0 Å². The lowest BCUT2D eigenvalue weighted by atomic mass is 9.77. The van der Waals surface area contributed by atoms with Crippen molar-refractivity contribution in [3.63, 3.8) is 0 Å². The first-order valence-electron chi connectivity index (χ1n) is 5.92. The Kier molecular flexibility index (Phi) is 2.88. The summed E-state index contributed by atoms with van der Waals surface area (Å²) >= 11 is 0. The standard InChI is InChI=1S/C13H17BN2O2/c1-12(2)13(3,4)18-14(17-12)10-7-5-6-9(8-15)11(10)16/h5-7H,16H2,1-4H3. The smallest absolute Gasteiger partial charge is 0.399 e. The van der Waals surface area contributed by atoms with Crippen LogP contribution in [0, 0.1) is 11.3 Å². The van der Waals surface area contributed by atoms with E-state index in [0.29, 0.717) is 16.7 Å². The van der Waals surface area contributed by atoms with Crippen LogP contribution >= 0.6 is 0 Å². The molecule has 1 aromatic carbocycles. The highest BCUT2D eigenvalue weighted by Gasteiger charge is 2.52. The maximum atomic E-state index is 8.98. The highest BCUT2D eigenvalue weighted by molar-refractivity contribution is 6.64. The van der Waals surface area contributed by atoms with E-state index >= 15 is 0 Å². The third-order valence-electron chi connectivity index (χ3n) is 3.77. The molecule has 0 atom stereocenters. The Hall–Kier alpha value is -1.51. The number of nitrogens with zero attached hydrogens (tertiary/aromatic N) is 1. The molecule has 4 nitrogen and oxygen atoms in total. The van der Waals surface area contributed by atoms with Crippen LogP contribution in [0.15, 0.2) is 18.2 Å². The van der Waals surface area contributed by atoms with Crippen LogP contribution < -0.4 is 11.2 Å². The second-order valence-corrected chi connectivity index (χ2v) is 5.51. The van der Waals surface area contributed by atoms with Crippen LogP contribution in [0.1, 0.15) is 33.3 Å². The van der Waals surface area contributed by atoms with Gasteiger partial charge in [-0.15, -0.1) is 0 Å². The van der Waals surface area contributed by atoms with E-state index in [-0.39, 0.29) is 0 Å². The SMILES string of the molecule is CC1(C)OB(c2cccc(C#N)c2N)OC1(C)C. The maximum Gasteiger partial charge on any atom is 0.497 e. The van der Waals surface area contributed by atoms with Gasteiger partial charge in [-0.3, -0.25) is 0 Å². The lowest BCUT2D eigenvalue weighted by Crippen LogP contribution is -2.41. The lowest BCUT2D eigenvalue weighted by Gasteiger charge is -2.32. The van der Waals surface area contributed by atoms with Gasteiger partial charge in [-0.2, -0.15) is 5.26 Å². The highest BCUT2D eigenvalue weighted by atomic mass is 16.7. The molecule has 0 amide bonds. The molecule has 2 rings (SSSR count). The zero-order valence-electron chi connectivity index (χ0n) is 11.2. The molecule has 94 valence electrons. The van der Waals surface area contributed by atoms with Crippen LogP contribution in [-0.2, 0) is 9.31 Å². The van der Waals surface area contributed by atoms with Gasteiger partial charge in [-0.1, -0.05) is 12.1 Å². The van der Waals surface area contributed by atoms with Gasteiger partial charge in [-0.05, 0) is 33.8 Å². The van der Waals surface area contributed by atoms with Crippen molar-refractivity contribution in [3.05, 3.63) is 23.8 Å². The monoisotopic (exact) mass is 244 g/mol. The number of nitrogens with two attached hydrogens (primary N) is 1. The molecule has 18 heavy (non-hydrogen) atoms. The highest BCUT2D eigenvalue weighted by Crippen LogP contribution is 2.36. The molecular weight excluding hydrogens is 227 g/mol. The predicted octanol–water partition coefficient (Wildman–Crippen LogP) is 1.44. The van der Waals surface area contributed by atoms with Crippen LogP contribution in [0.2, 0.25) is 0 Å². The minimum absolute atomic E-state index is 0.410. The van der Waals surface area contributed by atoms with Gasteiger partial charge in [0.05, 0.1) is 16.8 Å². The summed E-state index contributed by atoms with van der Waals surface area (Å²) in [5, 5.41) is 8.98. The Bertz CT molecular complexity index is 504. The fourth-order valence-electron chi connectivity index (χ4n) is 1.86. The number of anilines is 1. The number of rotatable bonds is 1. The molecule has 2 N–H and O–H groups in total. The van der Waals surface area contributed by atoms with Crippen LogP contribution in [0.5, 0.6) is 0 Å². The second-order valence-electron chi connectivity index (χ2n) is 5.51. The fraction of sp³-hybridized carbons (Fsp3) is 0.462. The molecule has 0 radical (unpaired) electrons. The minimum atomic E-state index is -0.525. The summed E-state index contributed by atoms with van der Waals surface area (Å²) in [6, 6.07) is 7.37. The topological polar surface area (TPSA) is 68.3 Å². The maximum absolute atomic E-state index is 8.98. The number of para-hydroxylation sites is 1.